The monoisotopic (exact) mass is 293 g/mol. The third-order valence-corrected chi connectivity index (χ3v) is 2.84. The number of para-hydroxylation sites is 1. The van der Waals surface area contributed by atoms with Crippen LogP contribution in [0.3, 0.4) is 0 Å². The Kier molecular flexibility index (Phi) is 3.74. The molecule has 88 valence electrons. The molecule has 0 spiro atoms. The highest BCUT2D eigenvalue weighted by molar-refractivity contribution is 9.18. The van der Waals surface area contributed by atoms with E-state index in [0.717, 1.165) is 15.9 Å². The van der Waals surface area contributed by atoms with Gasteiger partial charge in [0.25, 0.3) is 0 Å². The fourth-order valence-electron chi connectivity index (χ4n) is 1.63. The number of ether oxygens (including phenoxy) is 1. The summed E-state index contributed by atoms with van der Waals surface area (Å²) >= 11 is 3.37. The largest absolute Gasteiger partial charge is 0.463 e. The van der Waals surface area contributed by atoms with Crippen molar-refractivity contribution in [2.45, 2.75) is 13.3 Å². The number of benzene rings is 1. The molecule has 0 atom stereocenters. The minimum atomic E-state index is -0.281. The summed E-state index contributed by atoms with van der Waals surface area (Å²) in [6, 6.07) is 7.70. The maximum atomic E-state index is 11.7. The Morgan fingerprint density at radius 3 is 3.00 bits per heavy atom. The second-order valence-corrected chi connectivity index (χ2v) is 4.53. The van der Waals surface area contributed by atoms with Gasteiger partial charge in [0.05, 0.1) is 16.9 Å². The quantitative estimate of drug-likeness (QED) is 0.783. The van der Waals surface area contributed by atoms with Gasteiger partial charge in [-0.05, 0) is 35.0 Å². The Morgan fingerprint density at radius 2 is 2.24 bits per heavy atom. The fourth-order valence-corrected chi connectivity index (χ4v) is 2.13. The molecule has 1 aliphatic heterocycles. The third-order valence-electron chi connectivity index (χ3n) is 2.38. The molecular formula is C13H12BrNO2. The van der Waals surface area contributed by atoms with E-state index >= 15 is 0 Å². The van der Waals surface area contributed by atoms with Gasteiger partial charge in [-0.15, -0.1) is 0 Å². The van der Waals surface area contributed by atoms with Crippen molar-refractivity contribution < 1.29 is 9.53 Å². The van der Waals surface area contributed by atoms with Gasteiger partial charge in [0.1, 0.15) is 0 Å². The summed E-state index contributed by atoms with van der Waals surface area (Å²) in [7, 11) is 0. The van der Waals surface area contributed by atoms with E-state index in [1.54, 1.807) is 6.92 Å². The Hall–Kier alpha value is -1.42. The first-order valence-electron chi connectivity index (χ1n) is 5.40. The number of nitrogens with zero attached hydrogens (tertiary/aromatic N) is 1. The Labute approximate surface area is 108 Å². The van der Waals surface area contributed by atoms with Crippen molar-refractivity contribution in [3.8, 4) is 0 Å². The van der Waals surface area contributed by atoms with Crippen molar-refractivity contribution in [2.75, 3.05) is 6.61 Å². The molecule has 4 heteroatoms. The molecule has 0 bridgehead atoms. The van der Waals surface area contributed by atoms with E-state index < -0.39 is 0 Å². The normalized spacial score (nSPS) is 14.2. The minimum absolute atomic E-state index is 0.281. The molecule has 1 aromatic carbocycles. The molecule has 0 fully saturated rings. The van der Waals surface area contributed by atoms with Crippen molar-refractivity contribution in [1.29, 1.82) is 0 Å². The van der Waals surface area contributed by atoms with Gasteiger partial charge in [0.2, 0.25) is 0 Å². The van der Waals surface area contributed by atoms with Gasteiger partial charge >= 0.3 is 5.97 Å². The molecule has 3 nitrogen and oxygen atoms in total. The van der Waals surface area contributed by atoms with Crippen LogP contribution in [0.5, 0.6) is 0 Å². The van der Waals surface area contributed by atoms with E-state index in [-0.39, 0.29) is 5.97 Å². The van der Waals surface area contributed by atoms with E-state index in [4.69, 9.17) is 4.74 Å². The van der Waals surface area contributed by atoms with Gasteiger partial charge in [0, 0.05) is 17.6 Å². The highest BCUT2D eigenvalue weighted by Crippen LogP contribution is 2.28. The lowest BCUT2D eigenvalue weighted by atomic mass is 10.1. The number of rotatable bonds is 2. The SMILES string of the molecule is CCOC(=O)C1=Cc2ccccc2N=C(Br)C1. The predicted octanol–water partition coefficient (Wildman–Crippen LogP) is 3.46. The second kappa shape index (κ2) is 5.27. The highest BCUT2D eigenvalue weighted by atomic mass is 79.9. The van der Waals surface area contributed by atoms with E-state index in [1.807, 2.05) is 30.3 Å². The van der Waals surface area contributed by atoms with Crippen LogP contribution in [0.1, 0.15) is 18.9 Å². The smallest absolute Gasteiger partial charge is 0.334 e. The number of carbonyl (C=O) groups is 1. The zero-order valence-corrected chi connectivity index (χ0v) is 11.0. The van der Waals surface area contributed by atoms with Crippen LogP contribution in [-0.2, 0) is 9.53 Å². The van der Waals surface area contributed by atoms with E-state index in [1.165, 1.54) is 0 Å². The van der Waals surface area contributed by atoms with Crippen molar-refractivity contribution >= 4 is 38.3 Å². The van der Waals surface area contributed by atoms with Crippen molar-refractivity contribution in [3.63, 3.8) is 0 Å². The number of hydrogen-bond donors (Lipinski definition) is 0. The van der Waals surface area contributed by atoms with E-state index in [2.05, 4.69) is 20.9 Å². The summed E-state index contributed by atoms with van der Waals surface area (Å²) in [6.07, 6.45) is 2.30. The van der Waals surface area contributed by atoms with E-state index in [9.17, 15) is 4.79 Å². The summed E-state index contributed by atoms with van der Waals surface area (Å²) in [5, 5.41) is 0. The minimum Gasteiger partial charge on any atom is -0.463 e. The maximum absolute atomic E-state index is 11.7. The number of fused-ring (bicyclic) bond motifs is 1. The van der Waals surface area contributed by atoms with Crippen LogP contribution in [0, 0.1) is 0 Å². The number of aliphatic imine (C=N–C) groups is 1. The molecule has 0 aliphatic carbocycles. The average molecular weight is 294 g/mol. The second-order valence-electron chi connectivity index (χ2n) is 3.61. The molecule has 1 heterocycles. The fraction of sp³-hybridized carbons (Fsp3) is 0.231. The van der Waals surface area contributed by atoms with Crippen LogP contribution < -0.4 is 0 Å². The Morgan fingerprint density at radius 1 is 1.47 bits per heavy atom. The summed E-state index contributed by atoms with van der Waals surface area (Å²) in [6.45, 7) is 2.18. The number of esters is 1. The third kappa shape index (κ3) is 2.82. The first-order chi connectivity index (χ1) is 8.20. The van der Waals surface area contributed by atoms with Crippen LogP contribution in [0.15, 0.2) is 34.8 Å². The molecule has 0 aromatic heterocycles. The molecule has 0 N–H and O–H groups in total. The topological polar surface area (TPSA) is 38.7 Å². The van der Waals surface area contributed by atoms with Crippen molar-refractivity contribution in [2.24, 2.45) is 4.99 Å². The Balaban J connectivity index is 2.41. The molecule has 0 unspecified atom stereocenters. The first kappa shape index (κ1) is 12.0. The number of hydrogen-bond acceptors (Lipinski definition) is 3. The van der Waals surface area contributed by atoms with Gasteiger partial charge in [-0.3, -0.25) is 0 Å². The molecule has 2 rings (SSSR count). The van der Waals surface area contributed by atoms with Gasteiger partial charge < -0.3 is 4.74 Å². The van der Waals surface area contributed by atoms with Crippen molar-refractivity contribution in [3.05, 3.63) is 35.4 Å². The lowest BCUT2D eigenvalue weighted by Crippen LogP contribution is -2.08. The van der Waals surface area contributed by atoms with Gasteiger partial charge in [-0.1, -0.05) is 18.2 Å². The summed E-state index contributed by atoms with van der Waals surface area (Å²) in [5.41, 5.74) is 2.41. The molecule has 1 aromatic rings. The lowest BCUT2D eigenvalue weighted by molar-refractivity contribution is -0.138. The van der Waals surface area contributed by atoms with Gasteiger partial charge in [0.15, 0.2) is 0 Å². The standard InChI is InChI=1S/C13H12BrNO2/c1-2-17-13(16)10-7-9-5-3-4-6-11(9)15-12(14)8-10/h3-7H,2,8H2,1H3. The molecule has 0 amide bonds. The first-order valence-corrected chi connectivity index (χ1v) is 6.20. The predicted molar refractivity (Wildman–Crippen MR) is 71.7 cm³/mol. The maximum Gasteiger partial charge on any atom is 0.334 e. The molecule has 0 radical (unpaired) electrons. The van der Waals surface area contributed by atoms with Crippen LogP contribution in [-0.4, -0.2) is 17.2 Å². The van der Waals surface area contributed by atoms with Crippen LogP contribution >= 0.6 is 15.9 Å². The zero-order chi connectivity index (χ0) is 12.3. The zero-order valence-electron chi connectivity index (χ0n) is 9.44. The molecular weight excluding hydrogens is 282 g/mol. The average Bonchev–Trinajstić information content (AvgIpc) is 2.47. The summed E-state index contributed by atoms with van der Waals surface area (Å²) in [5.74, 6) is -0.281. The van der Waals surface area contributed by atoms with Crippen LogP contribution in [0.4, 0.5) is 5.69 Å². The van der Waals surface area contributed by atoms with Crippen LogP contribution in [0.25, 0.3) is 6.08 Å². The molecule has 1 aliphatic rings. The summed E-state index contributed by atoms with van der Waals surface area (Å²) in [4.78, 5) is 16.1. The molecule has 0 saturated carbocycles. The Bertz CT molecular complexity index is 506. The number of halogens is 1. The van der Waals surface area contributed by atoms with E-state index in [0.29, 0.717) is 18.6 Å². The lowest BCUT2D eigenvalue weighted by Gasteiger charge is -2.04. The molecule has 0 saturated heterocycles. The van der Waals surface area contributed by atoms with Crippen molar-refractivity contribution in [1.82, 2.24) is 0 Å². The number of carbonyl (C=O) groups excluding carboxylic acids is 1. The highest BCUT2D eigenvalue weighted by Gasteiger charge is 2.16. The van der Waals surface area contributed by atoms with Gasteiger partial charge in [-0.25, -0.2) is 9.79 Å². The van der Waals surface area contributed by atoms with Crippen LogP contribution in [0.2, 0.25) is 0 Å². The van der Waals surface area contributed by atoms with Gasteiger partial charge in [-0.2, -0.15) is 0 Å². The summed E-state index contributed by atoms with van der Waals surface area (Å²) < 4.78 is 5.75. The molecule has 17 heavy (non-hydrogen) atoms.